The number of benzene rings is 1. The van der Waals surface area contributed by atoms with Crippen LogP contribution >= 0.6 is 11.6 Å². The lowest BCUT2D eigenvalue weighted by Crippen LogP contribution is -2.51. The van der Waals surface area contributed by atoms with Gasteiger partial charge in [0.1, 0.15) is 6.61 Å². The average Bonchev–Trinajstić information content (AvgIpc) is 3.09. The van der Waals surface area contributed by atoms with Gasteiger partial charge in [-0.15, -0.1) is 0 Å². The highest BCUT2D eigenvalue weighted by Gasteiger charge is 2.41. The minimum atomic E-state index is -0.244. The first-order valence-corrected chi connectivity index (χ1v) is 9.91. The molecule has 0 spiro atoms. The second kappa shape index (κ2) is 8.47. The van der Waals surface area contributed by atoms with Gasteiger partial charge in [-0.2, -0.15) is 0 Å². The van der Waals surface area contributed by atoms with Gasteiger partial charge < -0.3 is 19.1 Å². The summed E-state index contributed by atoms with van der Waals surface area (Å²) in [5.41, 5.74) is 0.387. The van der Waals surface area contributed by atoms with Gasteiger partial charge in [0.25, 0.3) is 5.91 Å². The number of rotatable bonds is 5. The second-order valence-corrected chi connectivity index (χ2v) is 7.86. The molecule has 2 amide bonds. The summed E-state index contributed by atoms with van der Waals surface area (Å²) in [4.78, 5) is 28.8. The SMILES string of the molecule is COc1ccc(C(=O)N2CCC(N3C(=O)OCC3C(C)C)CC2)c(Cl)c1OC. The lowest BCUT2D eigenvalue weighted by atomic mass is 9.97. The Morgan fingerprint density at radius 3 is 2.46 bits per heavy atom. The zero-order valence-electron chi connectivity index (χ0n) is 16.7. The summed E-state index contributed by atoms with van der Waals surface area (Å²) in [6.07, 6.45) is 1.19. The molecule has 0 aliphatic carbocycles. The number of ether oxygens (including phenoxy) is 3. The Labute approximate surface area is 170 Å². The van der Waals surface area contributed by atoms with Crippen LogP contribution in [0.5, 0.6) is 11.5 Å². The Morgan fingerprint density at radius 1 is 1.21 bits per heavy atom. The molecule has 2 aliphatic rings. The maximum Gasteiger partial charge on any atom is 0.410 e. The fraction of sp³-hybridized carbons (Fsp3) is 0.600. The number of carbonyl (C=O) groups is 2. The molecule has 0 aromatic heterocycles. The van der Waals surface area contributed by atoms with Crippen molar-refractivity contribution in [3.05, 3.63) is 22.7 Å². The topological polar surface area (TPSA) is 68.3 Å². The van der Waals surface area contributed by atoms with E-state index in [9.17, 15) is 9.59 Å². The van der Waals surface area contributed by atoms with Gasteiger partial charge in [-0.25, -0.2) is 4.79 Å². The van der Waals surface area contributed by atoms with E-state index in [0.717, 1.165) is 12.8 Å². The van der Waals surface area contributed by atoms with Crippen LogP contribution in [-0.2, 0) is 4.74 Å². The fourth-order valence-electron chi connectivity index (χ4n) is 3.95. The molecular formula is C20H27ClN2O5. The highest BCUT2D eigenvalue weighted by molar-refractivity contribution is 6.35. The summed E-state index contributed by atoms with van der Waals surface area (Å²) in [7, 11) is 3.01. The molecule has 1 aromatic rings. The predicted octanol–water partition coefficient (Wildman–Crippen LogP) is 3.44. The molecule has 0 bridgehead atoms. The van der Waals surface area contributed by atoms with Crippen molar-refractivity contribution >= 4 is 23.6 Å². The summed E-state index contributed by atoms with van der Waals surface area (Å²) >= 11 is 6.39. The van der Waals surface area contributed by atoms with Crippen LogP contribution < -0.4 is 9.47 Å². The van der Waals surface area contributed by atoms with Gasteiger partial charge >= 0.3 is 6.09 Å². The molecule has 8 heteroatoms. The van der Waals surface area contributed by atoms with Crippen LogP contribution in [0.2, 0.25) is 5.02 Å². The van der Waals surface area contributed by atoms with E-state index in [2.05, 4.69) is 13.8 Å². The van der Waals surface area contributed by atoms with Crippen LogP contribution in [0.1, 0.15) is 37.0 Å². The third-order valence-corrected chi connectivity index (χ3v) is 5.95. The van der Waals surface area contributed by atoms with Crippen molar-refractivity contribution in [2.45, 2.75) is 38.8 Å². The first kappa shape index (κ1) is 20.6. The number of carbonyl (C=O) groups excluding carboxylic acids is 2. The smallest absolute Gasteiger partial charge is 0.410 e. The third-order valence-electron chi connectivity index (χ3n) is 5.58. The molecule has 0 N–H and O–H groups in total. The van der Waals surface area contributed by atoms with Crippen LogP contribution in [-0.4, -0.2) is 67.8 Å². The molecule has 1 atom stereocenters. The van der Waals surface area contributed by atoms with Gasteiger partial charge in [0.05, 0.1) is 30.8 Å². The molecule has 154 valence electrons. The molecule has 0 saturated carbocycles. The Morgan fingerprint density at radius 2 is 1.89 bits per heavy atom. The number of hydrogen-bond acceptors (Lipinski definition) is 5. The normalized spacial score (nSPS) is 20.5. The van der Waals surface area contributed by atoms with Gasteiger partial charge in [-0.05, 0) is 30.9 Å². The van der Waals surface area contributed by atoms with E-state index in [1.807, 2.05) is 4.90 Å². The Balaban J connectivity index is 1.70. The van der Waals surface area contributed by atoms with Crippen molar-refractivity contribution in [2.75, 3.05) is 33.9 Å². The zero-order valence-corrected chi connectivity index (χ0v) is 17.5. The quantitative estimate of drug-likeness (QED) is 0.743. The lowest BCUT2D eigenvalue weighted by Gasteiger charge is -2.38. The first-order valence-electron chi connectivity index (χ1n) is 9.53. The van der Waals surface area contributed by atoms with E-state index in [1.165, 1.54) is 14.2 Å². The fourth-order valence-corrected chi connectivity index (χ4v) is 4.27. The molecule has 2 heterocycles. The monoisotopic (exact) mass is 410 g/mol. The Kier molecular flexibility index (Phi) is 6.23. The van der Waals surface area contributed by atoms with Gasteiger partial charge in [-0.1, -0.05) is 25.4 Å². The van der Waals surface area contributed by atoms with Crippen LogP contribution in [0.25, 0.3) is 0 Å². The van der Waals surface area contributed by atoms with E-state index in [0.29, 0.717) is 42.7 Å². The van der Waals surface area contributed by atoms with Crippen molar-refractivity contribution in [3.63, 3.8) is 0 Å². The number of hydrogen-bond donors (Lipinski definition) is 0. The highest BCUT2D eigenvalue weighted by atomic mass is 35.5. The van der Waals surface area contributed by atoms with Crippen molar-refractivity contribution in [2.24, 2.45) is 5.92 Å². The number of cyclic esters (lactones) is 1. The van der Waals surface area contributed by atoms with Gasteiger partial charge in [0.2, 0.25) is 0 Å². The molecule has 1 unspecified atom stereocenters. The predicted molar refractivity (Wildman–Crippen MR) is 105 cm³/mol. The first-order chi connectivity index (χ1) is 13.4. The molecule has 2 saturated heterocycles. The van der Waals surface area contributed by atoms with Crippen molar-refractivity contribution in [1.29, 1.82) is 0 Å². The molecule has 28 heavy (non-hydrogen) atoms. The van der Waals surface area contributed by atoms with Crippen LogP contribution in [0.4, 0.5) is 4.79 Å². The maximum atomic E-state index is 13.0. The highest BCUT2D eigenvalue weighted by Crippen LogP contribution is 2.38. The number of halogens is 1. The molecule has 1 aromatic carbocycles. The summed E-state index contributed by atoms with van der Waals surface area (Å²) in [6.45, 7) is 5.75. The molecule has 3 rings (SSSR count). The minimum Gasteiger partial charge on any atom is -0.493 e. The number of amides is 2. The minimum absolute atomic E-state index is 0.0901. The zero-order chi connectivity index (χ0) is 20.4. The van der Waals surface area contributed by atoms with E-state index in [4.69, 9.17) is 25.8 Å². The summed E-state index contributed by atoms with van der Waals surface area (Å²) < 4.78 is 15.8. The number of methoxy groups -OCH3 is 2. The Bertz CT molecular complexity index is 746. The average molecular weight is 411 g/mol. The number of piperidine rings is 1. The van der Waals surface area contributed by atoms with Crippen LogP contribution in [0.15, 0.2) is 12.1 Å². The Hall–Kier alpha value is -2.15. The summed E-state index contributed by atoms with van der Waals surface area (Å²) in [5.74, 6) is 1.02. The number of nitrogens with zero attached hydrogens (tertiary/aromatic N) is 2. The van der Waals surface area contributed by atoms with Gasteiger partial charge in [0.15, 0.2) is 11.5 Å². The lowest BCUT2D eigenvalue weighted by molar-refractivity contribution is 0.0619. The van der Waals surface area contributed by atoms with Crippen molar-refractivity contribution in [3.8, 4) is 11.5 Å². The standard InChI is InChI=1S/C20H27ClN2O5/c1-12(2)15-11-28-20(25)23(15)13-7-9-22(10-8-13)19(24)14-5-6-16(26-3)18(27-4)17(14)21/h5-6,12-13,15H,7-11H2,1-4H3. The van der Waals surface area contributed by atoms with Crippen molar-refractivity contribution < 1.29 is 23.8 Å². The maximum absolute atomic E-state index is 13.0. The van der Waals surface area contributed by atoms with E-state index in [1.54, 1.807) is 17.0 Å². The van der Waals surface area contributed by atoms with Gasteiger partial charge in [0, 0.05) is 19.1 Å². The third kappa shape index (κ3) is 3.72. The van der Waals surface area contributed by atoms with E-state index in [-0.39, 0.29) is 29.1 Å². The summed E-state index contributed by atoms with van der Waals surface area (Å²) in [5, 5.41) is 0.247. The number of likely N-dealkylation sites (tertiary alicyclic amines) is 1. The van der Waals surface area contributed by atoms with Crippen LogP contribution in [0, 0.1) is 5.92 Å². The molecular weight excluding hydrogens is 384 g/mol. The molecule has 2 fully saturated rings. The van der Waals surface area contributed by atoms with E-state index < -0.39 is 0 Å². The second-order valence-electron chi connectivity index (χ2n) is 7.48. The van der Waals surface area contributed by atoms with Gasteiger partial charge in [-0.3, -0.25) is 9.69 Å². The molecule has 0 radical (unpaired) electrons. The largest absolute Gasteiger partial charge is 0.493 e. The van der Waals surface area contributed by atoms with E-state index >= 15 is 0 Å². The molecule has 7 nitrogen and oxygen atoms in total. The van der Waals surface area contributed by atoms with Crippen molar-refractivity contribution in [1.82, 2.24) is 9.80 Å². The molecule has 2 aliphatic heterocycles. The summed E-state index contributed by atoms with van der Waals surface area (Å²) in [6, 6.07) is 3.52. The van der Waals surface area contributed by atoms with Crippen LogP contribution in [0.3, 0.4) is 0 Å².